The van der Waals surface area contributed by atoms with Gasteiger partial charge in [-0.15, -0.1) is 0 Å². The zero-order valence-electron chi connectivity index (χ0n) is 25.0. The fraction of sp³-hybridized carbons (Fsp3) is 0.235. The average Bonchev–Trinajstić information content (AvgIpc) is 3.49. The zero-order valence-corrected chi connectivity index (χ0v) is 25.7. The molecular formula is C34H28ClF4N3O4. The fourth-order valence-electron chi connectivity index (χ4n) is 4.94. The van der Waals surface area contributed by atoms with E-state index in [1.165, 1.54) is 31.0 Å². The molecule has 0 unspecified atom stereocenters. The summed E-state index contributed by atoms with van der Waals surface area (Å²) >= 11 is 6.68. The molecule has 3 heterocycles. The number of fused-ring (bicyclic) bond motifs is 1. The summed E-state index contributed by atoms with van der Waals surface area (Å²) in [4.78, 5) is 36.1. The van der Waals surface area contributed by atoms with E-state index in [4.69, 9.17) is 16.0 Å². The molecule has 5 rings (SSSR count). The maximum Gasteiger partial charge on any atom is 0.449 e. The molecule has 0 saturated heterocycles. The molecule has 0 spiro atoms. The highest BCUT2D eigenvalue weighted by Gasteiger charge is 2.35. The molecule has 1 N–H and O–H groups in total. The lowest BCUT2D eigenvalue weighted by molar-refractivity contribution is -0.153. The molecule has 0 saturated carbocycles. The van der Waals surface area contributed by atoms with Gasteiger partial charge in [0, 0.05) is 23.5 Å². The van der Waals surface area contributed by atoms with Crippen LogP contribution in [0.1, 0.15) is 59.5 Å². The predicted molar refractivity (Wildman–Crippen MR) is 164 cm³/mol. The Morgan fingerprint density at radius 2 is 1.74 bits per heavy atom. The number of rotatable bonds is 9. The number of carbonyl (C=O) groups is 2. The summed E-state index contributed by atoms with van der Waals surface area (Å²) in [6, 6.07) is 15.8. The maximum absolute atomic E-state index is 14.6. The molecular weight excluding hydrogens is 626 g/mol. The van der Waals surface area contributed by atoms with Crippen molar-refractivity contribution in [3.8, 4) is 11.1 Å². The molecule has 1 amide bonds. The molecule has 0 atom stereocenters. The average molecular weight is 654 g/mol. The highest BCUT2D eigenvalue weighted by atomic mass is 35.5. The Labute approximate surface area is 266 Å². The summed E-state index contributed by atoms with van der Waals surface area (Å²) < 4.78 is 59.5. The number of carboxylic acid groups (broad SMARTS) is 1. The normalized spacial score (nSPS) is 12.0. The molecule has 12 heteroatoms. The third kappa shape index (κ3) is 6.74. The van der Waals surface area contributed by atoms with Crippen LogP contribution < -0.4 is 0 Å². The number of aromatic nitrogens is 2. The number of aliphatic carboxylic acids is 1. The Kier molecular flexibility index (Phi) is 8.90. The van der Waals surface area contributed by atoms with Crippen LogP contribution in [-0.2, 0) is 35.9 Å². The van der Waals surface area contributed by atoms with Crippen LogP contribution in [0, 0.1) is 5.82 Å². The van der Waals surface area contributed by atoms with Crippen LogP contribution in [0.25, 0.3) is 22.2 Å². The minimum atomic E-state index is -4.70. The second-order valence-electron chi connectivity index (χ2n) is 11.3. The molecule has 3 aromatic heterocycles. The highest BCUT2D eigenvalue weighted by molar-refractivity contribution is 6.31. The van der Waals surface area contributed by atoms with E-state index in [1.54, 1.807) is 42.5 Å². The van der Waals surface area contributed by atoms with Gasteiger partial charge in [-0.3, -0.25) is 19.6 Å². The minimum absolute atomic E-state index is 0.0937. The number of carbonyl (C=O) groups excluding carboxylic acids is 1. The predicted octanol–water partition coefficient (Wildman–Crippen LogP) is 8.47. The van der Waals surface area contributed by atoms with Crippen LogP contribution in [-0.4, -0.2) is 31.9 Å². The number of amides is 1. The largest absolute Gasteiger partial charge is 0.481 e. The van der Waals surface area contributed by atoms with Crippen LogP contribution in [0.2, 0.25) is 5.02 Å². The fourth-order valence-corrected chi connectivity index (χ4v) is 5.18. The van der Waals surface area contributed by atoms with E-state index in [9.17, 15) is 32.3 Å². The van der Waals surface area contributed by atoms with Crippen molar-refractivity contribution in [3.63, 3.8) is 0 Å². The topological polar surface area (TPSA) is 96.5 Å². The molecule has 46 heavy (non-hydrogen) atoms. The summed E-state index contributed by atoms with van der Waals surface area (Å²) in [5, 5.41) is 9.82. The summed E-state index contributed by atoms with van der Waals surface area (Å²) in [5.74, 6) is -3.56. The Bertz CT molecular complexity index is 1960. The Hall–Kier alpha value is -4.77. The van der Waals surface area contributed by atoms with Gasteiger partial charge in [0.15, 0.2) is 0 Å². The second kappa shape index (κ2) is 12.6. The van der Waals surface area contributed by atoms with Crippen molar-refractivity contribution in [3.05, 3.63) is 118 Å². The molecule has 0 aliphatic rings. The molecule has 2 aromatic carbocycles. The van der Waals surface area contributed by atoms with Crippen LogP contribution in [0.15, 0.2) is 77.3 Å². The van der Waals surface area contributed by atoms with E-state index in [2.05, 4.69) is 9.97 Å². The Balaban J connectivity index is 1.53. The van der Waals surface area contributed by atoms with Crippen molar-refractivity contribution in [1.29, 1.82) is 0 Å². The molecule has 238 valence electrons. The monoisotopic (exact) mass is 653 g/mol. The molecule has 0 bridgehead atoms. The summed E-state index contributed by atoms with van der Waals surface area (Å²) in [7, 11) is 0. The zero-order chi connectivity index (χ0) is 33.4. The third-order valence-corrected chi connectivity index (χ3v) is 8.04. The SMILES string of the molecule is CCc1cc(C(=O)N(Cc2ccc(C(F)(F)F)o2)Cc2ccc(-c3cc(F)cc(C(C)(C)C(=O)O)c3)cc2Cl)c2ncccc2n1. The van der Waals surface area contributed by atoms with Gasteiger partial charge in [0.05, 0.1) is 23.0 Å². The van der Waals surface area contributed by atoms with E-state index >= 15 is 0 Å². The lowest BCUT2D eigenvalue weighted by atomic mass is 9.83. The smallest absolute Gasteiger partial charge is 0.449 e. The summed E-state index contributed by atoms with van der Waals surface area (Å²) in [5.41, 5.74) is 1.90. The molecule has 0 aliphatic heterocycles. The van der Waals surface area contributed by atoms with Crippen LogP contribution in [0.3, 0.4) is 0 Å². The van der Waals surface area contributed by atoms with E-state index in [0.717, 1.165) is 18.2 Å². The summed E-state index contributed by atoms with van der Waals surface area (Å²) in [6.45, 7) is 4.37. The van der Waals surface area contributed by atoms with E-state index in [-0.39, 0.29) is 35.0 Å². The van der Waals surface area contributed by atoms with Gasteiger partial charge in [-0.05, 0) is 97.1 Å². The van der Waals surface area contributed by atoms with Gasteiger partial charge < -0.3 is 14.4 Å². The van der Waals surface area contributed by atoms with Gasteiger partial charge in [0.25, 0.3) is 5.91 Å². The van der Waals surface area contributed by atoms with Crippen LogP contribution in [0.5, 0.6) is 0 Å². The van der Waals surface area contributed by atoms with Crippen LogP contribution >= 0.6 is 11.6 Å². The van der Waals surface area contributed by atoms with Gasteiger partial charge in [0.2, 0.25) is 5.76 Å². The lowest BCUT2D eigenvalue weighted by Crippen LogP contribution is -2.30. The van der Waals surface area contributed by atoms with Crippen molar-refractivity contribution in [2.75, 3.05) is 0 Å². The molecule has 7 nitrogen and oxygen atoms in total. The number of pyridine rings is 2. The standard InChI is InChI=1S/C34H28ClF4N3O4/c1-4-24-16-26(30-28(41-24)6-5-11-40-30)31(43)42(18-25-9-10-29(46-25)34(37,38)39)17-20-8-7-19(14-27(20)35)21-12-22(15-23(36)13-21)33(2,3)32(44)45/h5-16H,4,17-18H2,1-3H3,(H,44,45). The number of hydrogen-bond acceptors (Lipinski definition) is 5. The lowest BCUT2D eigenvalue weighted by Gasteiger charge is -2.24. The van der Waals surface area contributed by atoms with Gasteiger partial charge >= 0.3 is 12.1 Å². The second-order valence-corrected chi connectivity index (χ2v) is 11.7. The Morgan fingerprint density at radius 1 is 0.978 bits per heavy atom. The van der Waals surface area contributed by atoms with Gasteiger partial charge in [-0.1, -0.05) is 30.7 Å². The summed E-state index contributed by atoms with van der Waals surface area (Å²) in [6.07, 6.45) is -2.66. The number of halogens is 5. The van der Waals surface area contributed by atoms with Crippen LogP contribution in [0.4, 0.5) is 17.6 Å². The number of furan rings is 1. The molecule has 5 aromatic rings. The van der Waals surface area contributed by atoms with Crippen molar-refractivity contribution < 1.29 is 36.7 Å². The third-order valence-electron chi connectivity index (χ3n) is 7.69. The molecule has 0 fully saturated rings. The number of carboxylic acids is 1. The van der Waals surface area contributed by atoms with Gasteiger partial charge in [0.1, 0.15) is 17.1 Å². The number of hydrogen-bond donors (Lipinski definition) is 1. The highest BCUT2D eigenvalue weighted by Crippen LogP contribution is 2.34. The van der Waals surface area contributed by atoms with E-state index in [1.807, 2.05) is 6.92 Å². The van der Waals surface area contributed by atoms with E-state index in [0.29, 0.717) is 39.8 Å². The Morgan fingerprint density at radius 3 is 2.39 bits per heavy atom. The minimum Gasteiger partial charge on any atom is -0.481 e. The number of nitrogens with zero attached hydrogens (tertiary/aromatic N) is 3. The number of aryl methyl sites for hydroxylation is 1. The quantitative estimate of drug-likeness (QED) is 0.160. The van der Waals surface area contributed by atoms with Crippen molar-refractivity contribution in [1.82, 2.24) is 14.9 Å². The molecule has 0 aliphatic carbocycles. The first-order valence-electron chi connectivity index (χ1n) is 14.2. The first-order valence-corrected chi connectivity index (χ1v) is 14.6. The first-order chi connectivity index (χ1) is 21.7. The van der Waals surface area contributed by atoms with Gasteiger partial charge in [-0.2, -0.15) is 13.2 Å². The van der Waals surface area contributed by atoms with Crippen molar-refractivity contribution in [2.24, 2.45) is 0 Å². The van der Waals surface area contributed by atoms with Crippen molar-refractivity contribution >= 4 is 34.5 Å². The van der Waals surface area contributed by atoms with Crippen molar-refractivity contribution in [2.45, 2.75) is 51.9 Å². The first kappa shape index (κ1) is 32.6. The maximum atomic E-state index is 14.6. The number of benzene rings is 2. The molecule has 0 radical (unpaired) electrons. The number of alkyl halides is 3. The van der Waals surface area contributed by atoms with E-state index < -0.39 is 35.0 Å². The van der Waals surface area contributed by atoms with Gasteiger partial charge in [-0.25, -0.2) is 4.39 Å².